The normalized spacial score (nSPS) is 18.6. The minimum Gasteiger partial charge on any atom is -0.508 e. The molecule has 0 radical (unpaired) electrons. The quantitative estimate of drug-likeness (QED) is 0.344. The van der Waals surface area contributed by atoms with E-state index in [2.05, 4.69) is 21.1 Å². The first-order valence-corrected chi connectivity index (χ1v) is 13.4. The van der Waals surface area contributed by atoms with Gasteiger partial charge in [0.2, 0.25) is 5.88 Å². The number of likely N-dealkylation sites (N-methyl/N-ethyl adjacent to an activating group) is 1. The second-order valence-electron chi connectivity index (χ2n) is 10.9. The number of hydrogen-bond acceptors (Lipinski definition) is 7. The van der Waals surface area contributed by atoms with E-state index < -0.39 is 11.6 Å². The molecule has 0 saturated carbocycles. The third kappa shape index (κ3) is 4.47. The lowest BCUT2D eigenvalue weighted by molar-refractivity contribution is 0.253. The van der Waals surface area contributed by atoms with Crippen LogP contribution in [0.4, 0.5) is 14.6 Å². The Bertz CT molecular complexity index is 1670. The summed E-state index contributed by atoms with van der Waals surface area (Å²) in [7, 11) is 3.91. The average Bonchev–Trinajstić information content (AvgIpc) is 3.26. The number of aryl methyl sites for hydroxylation is 1. The van der Waals surface area contributed by atoms with Crippen LogP contribution in [-0.4, -0.2) is 72.4 Å². The zero-order valence-electron chi connectivity index (χ0n) is 22.8. The van der Waals surface area contributed by atoms with Crippen molar-refractivity contribution in [3.63, 3.8) is 0 Å². The summed E-state index contributed by atoms with van der Waals surface area (Å²) < 4.78 is 37.6. The number of piperazine rings is 1. The maximum Gasteiger partial charge on any atom is 0.219 e. The fourth-order valence-corrected chi connectivity index (χ4v) is 5.99. The SMILES string of the molecule is C#Cc1c(F)ccc2cc(O)cc(-c3ncc4c(N5CC6CCC(C5)N6)nc(OCCN(C)C)c(C)c4c3F)c12. The van der Waals surface area contributed by atoms with Crippen molar-refractivity contribution in [3.8, 4) is 35.2 Å². The monoisotopic (exact) mass is 543 g/mol. The number of hydrogen-bond donors (Lipinski definition) is 2. The maximum atomic E-state index is 16.7. The number of nitrogens with zero attached hydrogens (tertiary/aromatic N) is 4. The molecule has 6 rings (SSSR count). The number of pyridine rings is 2. The average molecular weight is 544 g/mol. The van der Waals surface area contributed by atoms with Crippen molar-refractivity contribution >= 4 is 27.4 Å². The molecule has 2 N–H and O–H groups in total. The number of terminal acetylenes is 1. The van der Waals surface area contributed by atoms with Crippen LogP contribution in [0.5, 0.6) is 11.6 Å². The van der Waals surface area contributed by atoms with E-state index in [0.717, 1.165) is 25.9 Å². The fourth-order valence-electron chi connectivity index (χ4n) is 5.99. The highest BCUT2D eigenvalue weighted by Crippen LogP contribution is 2.41. The molecular weight excluding hydrogens is 512 g/mol. The summed E-state index contributed by atoms with van der Waals surface area (Å²) in [4.78, 5) is 13.6. The number of ether oxygens (including phenoxy) is 1. The van der Waals surface area contributed by atoms with Crippen LogP contribution >= 0.6 is 0 Å². The van der Waals surface area contributed by atoms with Gasteiger partial charge in [0.05, 0.1) is 5.56 Å². The minimum atomic E-state index is -0.603. The molecule has 2 fully saturated rings. The molecule has 4 aromatic rings. The number of aromatic hydroxyl groups is 1. The van der Waals surface area contributed by atoms with Gasteiger partial charge in [-0.25, -0.2) is 8.78 Å². The van der Waals surface area contributed by atoms with Crippen molar-refractivity contribution in [2.24, 2.45) is 0 Å². The van der Waals surface area contributed by atoms with Gasteiger partial charge in [-0.1, -0.05) is 12.0 Å². The van der Waals surface area contributed by atoms with Crippen molar-refractivity contribution in [3.05, 3.63) is 53.2 Å². The Morgan fingerprint density at radius 2 is 1.93 bits per heavy atom. The summed E-state index contributed by atoms with van der Waals surface area (Å²) >= 11 is 0. The van der Waals surface area contributed by atoms with Gasteiger partial charge in [-0.15, -0.1) is 6.42 Å². The van der Waals surface area contributed by atoms with E-state index in [1.54, 1.807) is 13.1 Å². The number of rotatable bonds is 6. The summed E-state index contributed by atoms with van der Waals surface area (Å²) in [6.45, 7) is 4.35. The molecule has 2 atom stereocenters. The molecule has 2 unspecified atom stereocenters. The topological polar surface area (TPSA) is 73.8 Å². The molecule has 2 aromatic heterocycles. The standard InChI is InChI=1S/C31H31F2N5O2/c1-5-22-25(32)9-6-18-12-21(39)13-23(27(18)22)29-28(33)26-17(2)31(40-11-10-37(3)4)36-30(24(26)14-34-29)38-15-19-7-8-20(16-38)35-19/h1,6,9,12-14,19-20,35,39H,7-8,10-11,15-16H2,2-4H3. The van der Waals surface area contributed by atoms with E-state index in [4.69, 9.17) is 16.1 Å². The molecule has 0 amide bonds. The van der Waals surface area contributed by atoms with Crippen molar-refractivity contribution < 1.29 is 18.6 Å². The predicted octanol–water partition coefficient (Wildman–Crippen LogP) is 4.60. The summed E-state index contributed by atoms with van der Waals surface area (Å²) in [5.41, 5.74) is 0.722. The fraction of sp³-hybridized carbons (Fsp3) is 0.355. The van der Waals surface area contributed by atoms with Gasteiger partial charge < -0.3 is 25.0 Å². The lowest BCUT2D eigenvalue weighted by Gasteiger charge is -2.34. The number of phenols is 1. The van der Waals surface area contributed by atoms with E-state index in [0.29, 0.717) is 64.0 Å². The molecule has 7 nitrogen and oxygen atoms in total. The maximum absolute atomic E-state index is 16.7. The van der Waals surface area contributed by atoms with Crippen molar-refractivity contribution in [1.82, 2.24) is 20.2 Å². The van der Waals surface area contributed by atoms with Crippen LogP contribution in [0.1, 0.15) is 24.0 Å². The molecule has 9 heteroatoms. The van der Waals surface area contributed by atoms with Crippen LogP contribution in [-0.2, 0) is 0 Å². The van der Waals surface area contributed by atoms with Crippen molar-refractivity contribution in [1.29, 1.82) is 0 Å². The Balaban J connectivity index is 1.58. The third-order valence-electron chi connectivity index (χ3n) is 7.91. The number of halogens is 2. The van der Waals surface area contributed by atoms with Gasteiger partial charge in [-0.05, 0) is 57.4 Å². The van der Waals surface area contributed by atoms with Crippen LogP contribution in [0.15, 0.2) is 30.5 Å². The number of aromatic nitrogens is 2. The molecule has 2 bridgehead atoms. The highest BCUT2D eigenvalue weighted by atomic mass is 19.1. The number of nitrogens with one attached hydrogen (secondary N) is 1. The Labute approximate surface area is 231 Å². The van der Waals surface area contributed by atoms with Crippen molar-refractivity contribution in [2.45, 2.75) is 31.8 Å². The molecule has 0 aliphatic carbocycles. The summed E-state index contributed by atoms with van der Waals surface area (Å²) in [5.74, 6) is 2.08. The van der Waals surface area contributed by atoms with Crippen LogP contribution in [0, 0.1) is 30.9 Å². The van der Waals surface area contributed by atoms with E-state index in [1.807, 2.05) is 19.0 Å². The van der Waals surface area contributed by atoms with Gasteiger partial charge in [0, 0.05) is 65.2 Å². The Morgan fingerprint density at radius 3 is 2.62 bits per heavy atom. The molecule has 40 heavy (non-hydrogen) atoms. The van der Waals surface area contributed by atoms with Gasteiger partial charge in [0.1, 0.15) is 29.7 Å². The molecule has 4 heterocycles. The van der Waals surface area contributed by atoms with Crippen molar-refractivity contribution in [2.75, 3.05) is 45.2 Å². The smallest absolute Gasteiger partial charge is 0.219 e. The van der Waals surface area contributed by atoms with Crippen LogP contribution in [0.25, 0.3) is 32.8 Å². The summed E-state index contributed by atoms with van der Waals surface area (Å²) in [6, 6.07) is 6.30. The number of benzene rings is 2. The Kier molecular flexibility index (Phi) is 6.69. The molecule has 0 spiro atoms. The third-order valence-corrected chi connectivity index (χ3v) is 7.91. The molecule has 2 saturated heterocycles. The zero-order valence-corrected chi connectivity index (χ0v) is 22.8. The number of anilines is 1. The predicted molar refractivity (Wildman–Crippen MR) is 153 cm³/mol. The van der Waals surface area contributed by atoms with Crippen LogP contribution in [0.2, 0.25) is 0 Å². The Morgan fingerprint density at radius 1 is 1.18 bits per heavy atom. The van der Waals surface area contributed by atoms with Gasteiger partial charge in [0.15, 0.2) is 5.82 Å². The summed E-state index contributed by atoms with van der Waals surface area (Å²) in [6.07, 6.45) is 9.46. The lowest BCUT2D eigenvalue weighted by Crippen LogP contribution is -2.51. The first-order chi connectivity index (χ1) is 19.2. The van der Waals surface area contributed by atoms with E-state index in [1.165, 1.54) is 24.3 Å². The van der Waals surface area contributed by atoms with Crippen LogP contribution in [0.3, 0.4) is 0 Å². The lowest BCUT2D eigenvalue weighted by atomic mass is 9.95. The van der Waals surface area contributed by atoms with Gasteiger partial charge in [0.25, 0.3) is 0 Å². The number of fused-ring (bicyclic) bond motifs is 4. The molecule has 2 aliphatic heterocycles. The second kappa shape index (κ2) is 10.2. The van der Waals surface area contributed by atoms with E-state index in [9.17, 15) is 9.50 Å². The Hall–Kier alpha value is -4.00. The second-order valence-corrected chi connectivity index (χ2v) is 10.9. The number of phenolic OH excluding ortho intramolecular Hbond substituents is 1. The highest BCUT2D eigenvalue weighted by Gasteiger charge is 2.34. The van der Waals surface area contributed by atoms with Gasteiger partial charge >= 0.3 is 0 Å². The van der Waals surface area contributed by atoms with E-state index >= 15 is 4.39 Å². The molecule has 2 aromatic carbocycles. The van der Waals surface area contributed by atoms with Gasteiger partial charge in [-0.3, -0.25) is 4.98 Å². The minimum absolute atomic E-state index is 0.00932. The summed E-state index contributed by atoms with van der Waals surface area (Å²) in [5, 5.41) is 15.8. The van der Waals surface area contributed by atoms with Crippen LogP contribution < -0.4 is 15.0 Å². The zero-order chi connectivity index (χ0) is 28.1. The van der Waals surface area contributed by atoms with E-state index in [-0.39, 0.29) is 22.6 Å². The molecule has 206 valence electrons. The molecular formula is C31H31F2N5O2. The molecule has 2 aliphatic rings. The first kappa shape index (κ1) is 26.2. The highest BCUT2D eigenvalue weighted by molar-refractivity contribution is 6.04. The largest absolute Gasteiger partial charge is 0.508 e. The first-order valence-electron chi connectivity index (χ1n) is 13.4. The van der Waals surface area contributed by atoms with Gasteiger partial charge in [-0.2, -0.15) is 4.98 Å².